The molecule has 2 amide bonds. The molecule has 9 nitrogen and oxygen atoms in total. The molecule has 0 aromatic heterocycles. The van der Waals surface area contributed by atoms with Crippen LogP contribution in [0.3, 0.4) is 0 Å². The van der Waals surface area contributed by atoms with E-state index in [0.29, 0.717) is 5.75 Å². The van der Waals surface area contributed by atoms with Gasteiger partial charge in [0.25, 0.3) is 0 Å². The van der Waals surface area contributed by atoms with E-state index in [1.807, 2.05) is 0 Å². The summed E-state index contributed by atoms with van der Waals surface area (Å²) in [6.45, 7) is -0.511. The first-order chi connectivity index (χ1) is 10.3. The average Bonchev–Trinajstić information content (AvgIpc) is 3.25. The van der Waals surface area contributed by atoms with Crippen molar-refractivity contribution in [2.24, 2.45) is 5.73 Å². The van der Waals surface area contributed by atoms with Crippen molar-refractivity contribution in [2.45, 2.75) is 24.9 Å². The minimum atomic E-state index is -1.19. The summed E-state index contributed by atoms with van der Waals surface area (Å²) >= 11 is 0. The summed E-state index contributed by atoms with van der Waals surface area (Å²) in [7, 11) is 0.0912. The van der Waals surface area contributed by atoms with Crippen LogP contribution in [0.5, 0.6) is 0 Å². The zero-order valence-electron chi connectivity index (χ0n) is 11.9. The molecule has 0 aromatic carbocycles. The SMILES string of the molecule is N[C@@H](CCC(=O)N[C@@H](C[S+]1CC1)C(=O)NCC(=O)O)C(=O)O. The Bertz CT molecular complexity index is 454. The smallest absolute Gasteiger partial charge is 0.322 e. The highest BCUT2D eigenvalue weighted by atomic mass is 32.2. The fourth-order valence-corrected chi connectivity index (χ4v) is 3.12. The Morgan fingerprint density at radius 1 is 1.18 bits per heavy atom. The van der Waals surface area contributed by atoms with Gasteiger partial charge in [-0.15, -0.1) is 0 Å². The fourth-order valence-electron chi connectivity index (χ4n) is 1.61. The quantitative estimate of drug-likeness (QED) is 0.218. The summed E-state index contributed by atoms with van der Waals surface area (Å²) in [5.41, 5.74) is 5.30. The minimum absolute atomic E-state index is 0.0314. The maximum atomic E-state index is 11.9. The second-order valence-corrected chi connectivity index (χ2v) is 7.28. The third-order valence-corrected chi connectivity index (χ3v) is 4.75. The molecule has 1 fully saturated rings. The van der Waals surface area contributed by atoms with Crippen LogP contribution in [0.25, 0.3) is 0 Å². The summed E-state index contributed by atoms with van der Waals surface area (Å²) in [6.07, 6.45) is -0.139. The minimum Gasteiger partial charge on any atom is -0.480 e. The first kappa shape index (κ1) is 18.2. The molecule has 1 saturated heterocycles. The fraction of sp³-hybridized carbons (Fsp3) is 0.667. The van der Waals surface area contributed by atoms with Crippen molar-refractivity contribution in [3.05, 3.63) is 0 Å². The summed E-state index contributed by atoms with van der Waals surface area (Å²) in [6, 6.07) is -1.92. The molecule has 0 spiro atoms. The maximum absolute atomic E-state index is 11.9. The summed E-state index contributed by atoms with van der Waals surface area (Å²) in [5.74, 6) is -0.898. The molecule has 0 radical (unpaired) electrons. The monoisotopic (exact) mass is 334 g/mol. The Balaban J connectivity index is 2.45. The van der Waals surface area contributed by atoms with E-state index in [1.54, 1.807) is 0 Å². The molecular weight excluding hydrogens is 314 g/mol. The Morgan fingerprint density at radius 3 is 2.32 bits per heavy atom. The molecule has 0 unspecified atom stereocenters. The molecule has 1 aliphatic rings. The normalized spacial score (nSPS) is 16.4. The third kappa shape index (κ3) is 7.27. The lowest BCUT2D eigenvalue weighted by Gasteiger charge is -2.15. The van der Waals surface area contributed by atoms with Crippen LogP contribution in [-0.4, -0.2) is 69.9 Å². The van der Waals surface area contributed by atoms with E-state index in [4.69, 9.17) is 15.9 Å². The number of hydrogen-bond acceptors (Lipinski definition) is 5. The molecule has 2 atom stereocenters. The zero-order chi connectivity index (χ0) is 16.7. The predicted molar refractivity (Wildman–Crippen MR) is 79.4 cm³/mol. The number of nitrogens with two attached hydrogens (primary N) is 1. The molecular formula is C12H20N3O6S+. The molecule has 0 aromatic rings. The van der Waals surface area contributed by atoms with Crippen LogP contribution in [0.4, 0.5) is 0 Å². The van der Waals surface area contributed by atoms with E-state index in [-0.39, 0.29) is 23.7 Å². The molecule has 1 heterocycles. The van der Waals surface area contributed by atoms with Gasteiger partial charge in [-0.2, -0.15) is 0 Å². The molecule has 1 rings (SSSR count). The third-order valence-electron chi connectivity index (χ3n) is 2.96. The van der Waals surface area contributed by atoms with Crippen molar-refractivity contribution in [2.75, 3.05) is 23.8 Å². The van der Waals surface area contributed by atoms with Gasteiger partial charge in [-0.3, -0.25) is 19.2 Å². The van der Waals surface area contributed by atoms with Crippen LogP contribution < -0.4 is 16.4 Å². The number of carbonyl (C=O) groups excluding carboxylic acids is 2. The van der Waals surface area contributed by atoms with Gasteiger partial charge in [0, 0.05) is 6.42 Å². The molecule has 10 heteroatoms. The molecule has 0 bridgehead atoms. The standard InChI is InChI=1S/C12H19N3O6S/c13-7(12(20)21)1-2-9(16)15-8(6-22-3-4-22)11(19)14-5-10(17)18/h7-8H,1-6,13H2,(H3-,14,15,16,17,18,19,20,21)/p+1/t7-,8-/m0/s1. The van der Waals surface area contributed by atoms with Gasteiger partial charge in [-0.25, -0.2) is 0 Å². The Morgan fingerprint density at radius 2 is 1.82 bits per heavy atom. The highest BCUT2D eigenvalue weighted by molar-refractivity contribution is 8.03. The van der Waals surface area contributed by atoms with Gasteiger partial charge >= 0.3 is 11.9 Å². The van der Waals surface area contributed by atoms with Crippen molar-refractivity contribution in [3.63, 3.8) is 0 Å². The van der Waals surface area contributed by atoms with Crippen molar-refractivity contribution < 1.29 is 29.4 Å². The summed E-state index contributed by atoms with van der Waals surface area (Å²) in [4.78, 5) is 44.7. The Labute approximate surface area is 130 Å². The lowest BCUT2D eigenvalue weighted by atomic mass is 10.1. The molecule has 6 N–H and O–H groups in total. The number of amides is 2. The van der Waals surface area contributed by atoms with Crippen LogP contribution in [0.1, 0.15) is 12.8 Å². The lowest BCUT2D eigenvalue weighted by molar-refractivity contribution is -0.139. The Hall–Kier alpha value is -1.81. The van der Waals surface area contributed by atoms with Crippen molar-refractivity contribution in [3.8, 4) is 0 Å². The number of carbonyl (C=O) groups is 4. The van der Waals surface area contributed by atoms with Gasteiger partial charge in [0.2, 0.25) is 11.8 Å². The van der Waals surface area contributed by atoms with Gasteiger partial charge in [-0.05, 0) is 17.3 Å². The zero-order valence-corrected chi connectivity index (χ0v) is 12.7. The van der Waals surface area contributed by atoms with Gasteiger partial charge in [0.1, 0.15) is 18.3 Å². The van der Waals surface area contributed by atoms with Gasteiger partial charge in [0.15, 0.2) is 17.5 Å². The number of rotatable bonds is 10. The van der Waals surface area contributed by atoms with Crippen molar-refractivity contribution in [1.82, 2.24) is 10.6 Å². The second-order valence-electron chi connectivity index (χ2n) is 4.90. The summed E-state index contributed by atoms with van der Waals surface area (Å²) < 4.78 is 0. The van der Waals surface area contributed by atoms with E-state index >= 15 is 0 Å². The first-order valence-electron chi connectivity index (χ1n) is 6.71. The number of carboxylic acids is 2. The highest BCUT2D eigenvalue weighted by Gasteiger charge is 2.39. The van der Waals surface area contributed by atoms with Gasteiger partial charge in [-0.1, -0.05) is 0 Å². The lowest BCUT2D eigenvalue weighted by Crippen LogP contribution is -2.50. The van der Waals surface area contributed by atoms with E-state index < -0.39 is 42.4 Å². The second kappa shape index (κ2) is 8.59. The van der Waals surface area contributed by atoms with Gasteiger partial charge < -0.3 is 26.6 Å². The van der Waals surface area contributed by atoms with Crippen LogP contribution in [-0.2, 0) is 30.1 Å². The largest absolute Gasteiger partial charge is 0.480 e. The maximum Gasteiger partial charge on any atom is 0.322 e. The highest BCUT2D eigenvalue weighted by Crippen LogP contribution is 2.14. The van der Waals surface area contributed by atoms with E-state index in [9.17, 15) is 19.2 Å². The predicted octanol–water partition coefficient (Wildman–Crippen LogP) is -2.50. The average molecular weight is 334 g/mol. The van der Waals surface area contributed by atoms with E-state index in [1.165, 1.54) is 0 Å². The number of carboxylic acid groups (broad SMARTS) is 2. The van der Waals surface area contributed by atoms with Crippen LogP contribution in [0.15, 0.2) is 0 Å². The van der Waals surface area contributed by atoms with Crippen LogP contribution in [0.2, 0.25) is 0 Å². The first-order valence-corrected chi connectivity index (χ1v) is 8.44. The molecule has 22 heavy (non-hydrogen) atoms. The van der Waals surface area contributed by atoms with Crippen LogP contribution in [0, 0.1) is 0 Å². The molecule has 1 aliphatic heterocycles. The molecule has 0 aliphatic carbocycles. The van der Waals surface area contributed by atoms with E-state index in [2.05, 4.69) is 10.6 Å². The Kier molecular flexibility index (Phi) is 7.12. The van der Waals surface area contributed by atoms with Crippen LogP contribution >= 0.6 is 0 Å². The topological polar surface area (TPSA) is 159 Å². The number of nitrogens with one attached hydrogen (secondary N) is 2. The van der Waals surface area contributed by atoms with Crippen molar-refractivity contribution in [1.29, 1.82) is 0 Å². The van der Waals surface area contributed by atoms with E-state index in [0.717, 1.165) is 11.5 Å². The van der Waals surface area contributed by atoms with Gasteiger partial charge in [0.05, 0.1) is 0 Å². The number of aliphatic carboxylic acids is 2. The van der Waals surface area contributed by atoms with Crippen molar-refractivity contribution >= 4 is 34.6 Å². The summed E-state index contributed by atoms with van der Waals surface area (Å²) in [5, 5.41) is 21.9. The number of hydrogen-bond donors (Lipinski definition) is 5. The molecule has 124 valence electrons. The molecule has 0 saturated carbocycles.